The smallest absolute Gasteiger partial charge is 0.326 e. The molecule has 94 valence electrons. The molecule has 5 nitrogen and oxygen atoms in total. The topological polar surface area (TPSA) is 88.2 Å². The van der Waals surface area contributed by atoms with Gasteiger partial charge in [-0.05, 0) is 18.8 Å². The van der Waals surface area contributed by atoms with E-state index in [1.54, 1.807) is 5.38 Å². The lowest BCUT2D eigenvalue weighted by molar-refractivity contribution is -0.138. The number of hydrogen-bond acceptors (Lipinski definition) is 5. The lowest BCUT2D eigenvalue weighted by Gasteiger charge is -2.02. The summed E-state index contributed by atoms with van der Waals surface area (Å²) in [7, 11) is 0. The number of nitrogens with one attached hydrogen (secondary N) is 1. The molecule has 0 radical (unpaired) electrons. The van der Waals surface area contributed by atoms with E-state index in [1.807, 2.05) is 0 Å². The zero-order valence-corrected chi connectivity index (χ0v) is 10.4. The molecule has 0 bridgehead atoms. The minimum Gasteiger partial charge on any atom is -0.480 e. The van der Waals surface area contributed by atoms with Gasteiger partial charge in [0.1, 0.15) is 6.04 Å². The Bertz CT molecular complexity index is 390. The number of aliphatic carboxylic acids is 1. The van der Waals surface area contributed by atoms with Crippen LogP contribution in [0.1, 0.15) is 37.4 Å². The summed E-state index contributed by atoms with van der Waals surface area (Å²) < 4.78 is 0. The largest absolute Gasteiger partial charge is 0.480 e. The summed E-state index contributed by atoms with van der Waals surface area (Å²) in [4.78, 5) is 14.8. The Kier molecular flexibility index (Phi) is 3.96. The Morgan fingerprint density at radius 3 is 3.12 bits per heavy atom. The van der Waals surface area contributed by atoms with Crippen molar-refractivity contribution in [3.05, 3.63) is 11.1 Å². The molecule has 0 spiro atoms. The SMILES string of the molecule is NC(C(=O)O)c1csc(NCCCC2CC2)n1. The van der Waals surface area contributed by atoms with Crippen LogP contribution in [0.25, 0.3) is 0 Å². The Balaban J connectivity index is 1.74. The number of nitrogens with two attached hydrogens (primary N) is 1. The normalized spacial score (nSPS) is 16.8. The molecule has 17 heavy (non-hydrogen) atoms. The fourth-order valence-electron chi connectivity index (χ4n) is 1.63. The van der Waals surface area contributed by atoms with Gasteiger partial charge in [-0.15, -0.1) is 11.3 Å². The van der Waals surface area contributed by atoms with Crippen LogP contribution in [0.4, 0.5) is 5.13 Å². The second kappa shape index (κ2) is 5.46. The van der Waals surface area contributed by atoms with E-state index < -0.39 is 12.0 Å². The summed E-state index contributed by atoms with van der Waals surface area (Å²) in [6.45, 7) is 0.895. The summed E-state index contributed by atoms with van der Waals surface area (Å²) >= 11 is 1.40. The first kappa shape index (κ1) is 12.3. The number of aromatic nitrogens is 1. The average molecular weight is 255 g/mol. The van der Waals surface area contributed by atoms with E-state index in [1.165, 1.54) is 30.6 Å². The number of carbonyl (C=O) groups is 1. The van der Waals surface area contributed by atoms with E-state index in [9.17, 15) is 4.79 Å². The van der Waals surface area contributed by atoms with Crippen LogP contribution < -0.4 is 11.1 Å². The summed E-state index contributed by atoms with van der Waals surface area (Å²) in [6.07, 6.45) is 5.19. The maximum absolute atomic E-state index is 10.7. The first-order valence-electron chi connectivity index (χ1n) is 5.84. The molecule has 0 aromatic carbocycles. The molecule has 1 aromatic rings. The van der Waals surface area contributed by atoms with Crippen LogP contribution in [0.2, 0.25) is 0 Å². The zero-order valence-electron chi connectivity index (χ0n) is 9.56. The van der Waals surface area contributed by atoms with Crippen LogP contribution >= 0.6 is 11.3 Å². The third-order valence-corrected chi connectivity index (χ3v) is 3.69. The van der Waals surface area contributed by atoms with Gasteiger partial charge in [-0.1, -0.05) is 12.8 Å². The molecule has 4 N–H and O–H groups in total. The lowest BCUT2D eigenvalue weighted by Crippen LogP contribution is -2.20. The molecule has 1 aromatic heterocycles. The van der Waals surface area contributed by atoms with Crippen molar-refractivity contribution >= 4 is 22.4 Å². The molecule has 1 atom stereocenters. The number of nitrogens with zero attached hydrogens (tertiary/aromatic N) is 1. The Labute approximate surface area is 104 Å². The quantitative estimate of drug-likeness (QED) is 0.647. The van der Waals surface area contributed by atoms with Crippen LogP contribution in [-0.4, -0.2) is 22.6 Å². The molecule has 1 saturated carbocycles. The maximum Gasteiger partial charge on any atom is 0.326 e. The van der Waals surface area contributed by atoms with Crippen molar-refractivity contribution < 1.29 is 9.90 Å². The van der Waals surface area contributed by atoms with Crippen LogP contribution in [0.15, 0.2) is 5.38 Å². The first-order valence-corrected chi connectivity index (χ1v) is 6.72. The van der Waals surface area contributed by atoms with Gasteiger partial charge < -0.3 is 16.2 Å². The van der Waals surface area contributed by atoms with Crippen molar-refractivity contribution in [1.29, 1.82) is 0 Å². The predicted octanol–water partition coefficient (Wildman–Crippen LogP) is 1.83. The van der Waals surface area contributed by atoms with Crippen LogP contribution in [0.3, 0.4) is 0 Å². The van der Waals surface area contributed by atoms with Crippen molar-refractivity contribution in [1.82, 2.24) is 4.98 Å². The molecular weight excluding hydrogens is 238 g/mol. The molecule has 1 aliphatic rings. The highest BCUT2D eigenvalue weighted by Crippen LogP contribution is 2.33. The summed E-state index contributed by atoms with van der Waals surface area (Å²) in [5.41, 5.74) is 5.89. The van der Waals surface area contributed by atoms with Crippen molar-refractivity contribution in [2.24, 2.45) is 11.7 Å². The van der Waals surface area contributed by atoms with E-state index in [-0.39, 0.29) is 0 Å². The third-order valence-electron chi connectivity index (χ3n) is 2.87. The van der Waals surface area contributed by atoms with Gasteiger partial charge in [0.25, 0.3) is 0 Å². The van der Waals surface area contributed by atoms with E-state index in [0.717, 1.165) is 24.0 Å². The zero-order chi connectivity index (χ0) is 12.3. The summed E-state index contributed by atoms with van der Waals surface area (Å²) in [5, 5.41) is 14.4. The first-order chi connectivity index (χ1) is 8.16. The Morgan fingerprint density at radius 1 is 1.71 bits per heavy atom. The molecule has 6 heteroatoms. The van der Waals surface area contributed by atoms with E-state index in [4.69, 9.17) is 10.8 Å². The number of thiazole rings is 1. The highest BCUT2D eigenvalue weighted by Gasteiger charge is 2.20. The van der Waals surface area contributed by atoms with Gasteiger partial charge in [0, 0.05) is 11.9 Å². The van der Waals surface area contributed by atoms with Gasteiger partial charge in [0.15, 0.2) is 5.13 Å². The van der Waals surface area contributed by atoms with E-state index >= 15 is 0 Å². The second-order valence-electron chi connectivity index (χ2n) is 4.41. The van der Waals surface area contributed by atoms with Gasteiger partial charge in [0.2, 0.25) is 0 Å². The van der Waals surface area contributed by atoms with Gasteiger partial charge in [-0.2, -0.15) is 0 Å². The minimum atomic E-state index is -1.05. The summed E-state index contributed by atoms with van der Waals surface area (Å²) in [5.74, 6) is -0.0975. The molecule has 2 rings (SSSR count). The van der Waals surface area contributed by atoms with Crippen LogP contribution in [0.5, 0.6) is 0 Å². The number of anilines is 1. The van der Waals surface area contributed by atoms with Crippen LogP contribution in [0, 0.1) is 5.92 Å². The van der Waals surface area contributed by atoms with Crippen molar-refractivity contribution in [2.45, 2.75) is 31.7 Å². The maximum atomic E-state index is 10.7. The fourth-order valence-corrected chi connectivity index (χ4v) is 2.40. The van der Waals surface area contributed by atoms with Crippen molar-refractivity contribution in [3.63, 3.8) is 0 Å². The van der Waals surface area contributed by atoms with Crippen molar-refractivity contribution in [2.75, 3.05) is 11.9 Å². The van der Waals surface area contributed by atoms with Gasteiger partial charge >= 0.3 is 5.97 Å². The van der Waals surface area contributed by atoms with E-state index in [2.05, 4.69) is 10.3 Å². The third kappa shape index (κ3) is 3.67. The molecule has 0 saturated heterocycles. The average Bonchev–Trinajstić information content (AvgIpc) is 3.01. The molecule has 0 amide bonds. The molecule has 1 fully saturated rings. The monoisotopic (exact) mass is 255 g/mol. The molecule has 1 heterocycles. The highest BCUT2D eigenvalue weighted by atomic mass is 32.1. The summed E-state index contributed by atoms with van der Waals surface area (Å²) in [6, 6.07) is -1.02. The van der Waals surface area contributed by atoms with Gasteiger partial charge in [-0.25, -0.2) is 4.98 Å². The number of rotatable bonds is 7. The van der Waals surface area contributed by atoms with Crippen LogP contribution in [-0.2, 0) is 4.79 Å². The van der Waals surface area contributed by atoms with Gasteiger partial charge in [-0.3, -0.25) is 4.79 Å². The molecule has 0 aliphatic heterocycles. The predicted molar refractivity (Wildman–Crippen MR) is 67.1 cm³/mol. The van der Waals surface area contributed by atoms with Crippen molar-refractivity contribution in [3.8, 4) is 0 Å². The molecule has 1 unspecified atom stereocenters. The van der Waals surface area contributed by atoms with E-state index in [0.29, 0.717) is 5.69 Å². The molecular formula is C11H17N3O2S. The Morgan fingerprint density at radius 2 is 2.47 bits per heavy atom. The molecule has 1 aliphatic carbocycles. The number of carboxylic acid groups (broad SMARTS) is 1. The fraction of sp³-hybridized carbons (Fsp3) is 0.636. The second-order valence-corrected chi connectivity index (χ2v) is 5.26. The lowest BCUT2D eigenvalue weighted by atomic mass is 10.2. The minimum absolute atomic E-state index is 0.423. The highest BCUT2D eigenvalue weighted by molar-refractivity contribution is 7.13. The number of hydrogen-bond donors (Lipinski definition) is 3. The van der Waals surface area contributed by atoms with Gasteiger partial charge in [0.05, 0.1) is 5.69 Å². The number of carboxylic acids is 1. The Hall–Kier alpha value is -1.14. The standard InChI is InChI=1S/C11H17N3O2S/c12-9(10(15)16)8-6-17-11(14-8)13-5-1-2-7-3-4-7/h6-7,9H,1-5,12H2,(H,13,14)(H,15,16).